The van der Waals surface area contributed by atoms with E-state index in [1.54, 1.807) is 0 Å². The molecule has 1 aliphatic rings. The molecule has 1 unspecified atom stereocenters. The average Bonchev–Trinajstić information content (AvgIpc) is 2.27. The van der Waals surface area contributed by atoms with Gasteiger partial charge in [-0.2, -0.15) is 0 Å². The zero-order valence-corrected chi connectivity index (χ0v) is 9.40. The lowest BCUT2D eigenvalue weighted by Gasteiger charge is -2.26. The lowest BCUT2D eigenvalue weighted by molar-refractivity contribution is -0.139. The molecule has 0 saturated carbocycles. The summed E-state index contributed by atoms with van der Waals surface area (Å²) in [6.07, 6.45) is 2.56. The van der Waals surface area contributed by atoms with Gasteiger partial charge in [-0.05, 0) is 30.4 Å². The molecule has 0 aromatic heterocycles. The van der Waals surface area contributed by atoms with E-state index in [0.717, 1.165) is 25.0 Å². The Bertz CT molecular complexity index is 384. The number of carbonyl (C=O) groups is 1. The van der Waals surface area contributed by atoms with Gasteiger partial charge in [-0.25, -0.2) is 0 Å². The number of aryl methyl sites for hydroxylation is 2. The van der Waals surface area contributed by atoms with Crippen molar-refractivity contribution < 1.29 is 14.6 Å². The van der Waals surface area contributed by atoms with Gasteiger partial charge in [0.25, 0.3) is 0 Å². The Morgan fingerprint density at radius 2 is 2.38 bits per heavy atom. The minimum atomic E-state index is -0.789. The van der Waals surface area contributed by atoms with Crippen molar-refractivity contribution in [2.45, 2.75) is 38.7 Å². The fourth-order valence-corrected chi connectivity index (χ4v) is 2.15. The van der Waals surface area contributed by atoms with Gasteiger partial charge in [-0.3, -0.25) is 4.79 Å². The summed E-state index contributed by atoms with van der Waals surface area (Å²) in [6, 6.07) is 6.14. The SMILES string of the molecule is CCc1cccc2c1OC(CC(=O)O)CC2. The number of carboxylic acids is 1. The molecule has 1 aromatic rings. The number of aliphatic carboxylic acids is 1. The number of ether oxygens (including phenoxy) is 1. The van der Waals surface area contributed by atoms with Crippen LogP contribution in [0, 0.1) is 0 Å². The van der Waals surface area contributed by atoms with Crippen LogP contribution in [0.1, 0.15) is 30.9 Å². The molecule has 3 nitrogen and oxygen atoms in total. The molecule has 0 bridgehead atoms. The van der Waals surface area contributed by atoms with Crippen molar-refractivity contribution in [1.82, 2.24) is 0 Å². The summed E-state index contributed by atoms with van der Waals surface area (Å²) in [5, 5.41) is 8.76. The maximum atomic E-state index is 10.7. The summed E-state index contributed by atoms with van der Waals surface area (Å²) in [5.41, 5.74) is 2.38. The zero-order chi connectivity index (χ0) is 11.5. The van der Waals surface area contributed by atoms with Crippen LogP contribution < -0.4 is 4.74 Å². The van der Waals surface area contributed by atoms with E-state index in [-0.39, 0.29) is 12.5 Å². The highest BCUT2D eigenvalue weighted by molar-refractivity contribution is 5.67. The molecular formula is C13H16O3. The first-order valence-corrected chi connectivity index (χ1v) is 5.70. The maximum Gasteiger partial charge on any atom is 0.307 e. The van der Waals surface area contributed by atoms with E-state index in [4.69, 9.17) is 9.84 Å². The molecule has 1 heterocycles. The number of hydrogen-bond acceptors (Lipinski definition) is 2. The van der Waals surface area contributed by atoms with Crippen molar-refractivity contribution in [3.63, 3.8) is 0 Å². The molecule has 0 radical (unpaired) electrons. The Morgan fingerprint density at radius 1 is 1.56 bits per heavy atom. The summed E-state index contributed by atoms with van der Waals surface area (Å²) in [6.45, 7) is 2.08. The largest absolute Gasteiger partial charge is 0.489 e. The summed E-state index contributed by atoms with van der Waals surface area (Å²) >= 11 is 0. The first-order valence-electron chi connectivity index (χ1n) is 5.70. The monoisotopic (exact) mass is 220 g/mol. The van der Waals surface area contributed by atoms with Crippen molar-refractivity contribution in [3.05, 3.63) is 29.3 Å². The number of hydrogen-bond donors (Lipinski definition) is 1. The first-order chi connectivity index (χ1) is 7.70. The van der Waals surface area contributed by atoms with Crippen LogP contribution in [0.15, 0.2) is 18.2 Å². The smallest absolute Gasteiger partial charge is 0.307 e. The predicted octanol–water partition coefficient (Wildman–Crippen LogP) is 2.42. The van der Waals surface area contributed by atoms with Crippen LogP contribution in [-0.4, -0.2) is 17.2 Å². The van der Waals surface area contributed by atoms with Gasteiger partial charge < -0.3 is 9.84 Å². The Kier molecular flexibility index (Phi) is 3.13. The molecule has 0 saturated heterocycles. The number of benzene rings is 1. The normalized spacial score (nSPS) is 18.7. The Labute approximate surface area is 95.0 Å². The Hall–Kier alpha value is -1.51. The van der Waals surface area contributed by atoms with Crippen LogP contribution in [0.2, 0.25) is 0 Å². The molecule has 0 aliphatic carbocycles. The van der Waals surface area contributed by atoms with Crippen LogP contribution in [0.3, 0.4) is 0 Å². The molecule has 16 heavy (non-hydrogen) atoms. The van der Waals surface area contributed by atoms with E-state index in [2.05, 4.69) is 13.0 Å². The summed E-state index contributed by atoms with van der Waals surface area (Å²) < 4.78 is 5.78. The van der Waals surface area contributed by atoms with Crippen molar-refractivity contribution in [3.8, 4) is 5.75 Å². The van der Waals surface area contributed by atoms with E-state index >= 15 is 0 Å². The predicted molar refractivity (Wildman–Crippen MR) is 60.8 cm³/mol. The van der Waals surface area contributed by atoms with Crippen molar-refractivity contribution in [2.24, 2.45) is 0 Å². The zero-order valence-electron chi connectivity index (χ0n) is 9.40. The van der Waals surface area contributed by atoms with Gasteiger partial charge in [-0.1, -0.05) is 25.1 Å². The molecule has 1 aliphatic heterocycles. The molecule has 1 aromatic carbocycles. The minimum Gasteiger partial charge on any atom is -0.489 e. The third-order valence-electron chi connectivity index (χ3n) is 2.98. The van der Waals surface area contributed by atoms with Gasteiger partial charge in [0, 0.05) is 0 Å². The summed E-state index contributed by atoms with van der Waals surface area (Å²) in [4.78, 5) is 10.7. The molecule has 1 atom stereocenters. The lowest BCUT2D eigenvalue weighted by Crippen LogP contribution is -2.26. The highest BCUT2D eigenvalue weighted by Gasteiger charge is 2.23. The van der Waals surface area contributed by atoms with Gasteiger partial charge >= 0.3 is 5.97 Å². The number of rotatable bonds is 3. The second-order valence-electron chi connectivity index (χ2n) is 4.14. The van der Waals surface area contributed by atoms with Crippen molar-refractivity contribution in [2.75, 3.05) is 0 Å². The van der Waals surface area contributed by atoms with Crippen molar-refractivity contribution >= 4 is 5.97 Å². The van der Waals surface area contributed by atoms with Crippen LogP contribution >= 0.6 is 0 Å². The van der Waals surface area contributed by atoms with Crippen LogP contribution in [0.5, 0.6) is 5.75 Å². The highest BCUT2D eigenvalue weighted by Crippen LogP contribution is 2.32. The number of para-hydroxylation sites is 1. The topological polar surface area (TPSA) is 46.5 Å². The molecule has 0 fully saturated rings. The fraction of sp³-hybridized carbons (Fsp3) is 0.462. The second-order valence-corrected chi connectivity index (χ2v) is 4.14. The Balaban J connectivity index is 2.21. The number of carboxylic acid groups (broad SMARTS) is 1. The highest BCUT2D eigenvalue weighted by atomic mass is 16.5. The molecule has 1 N–H and O–H groups in total. The molecule has 0 amide bonds. The summed E-state index contributed by atoms with van der Waals surface area (Å²) in [5.74, 6) is 0.130. The standard InChI is InChI=1S/C13H16O3/c1-2-9-4-3-5-10-6-7-11(8-12(14)15)16-13(9)10/h3-5,11H,2,6-8H2,1H3,(H,14,15). The van der Waals surface area contributed by atoms with Crippen LogP contribution in [-0.2, 0) is 17.6 Å². The second kappa shape index (κ2) is 4.56. The van der Waals surface area contributed by atoms with Gasteiger partial charge in [0.1, 0.15) is 11.9 Å². The Morgan fingerprint density at radius 3 is 3.06 bits per heavy atom. The lowest BCUT2D eigenvalue weighted by atomic mass is 9.97. The molecule has 2 rings (SSSR count). The first kappa shape index (κ1) is 11.0. The third-order valence-corrected chi connectivity index (χ3v) is 2.98. The van der Waals surface area contributed by atoms with Crippen molar-refractivity contribution in [1.29, 1.82) is 0 Å². The van der Waals surface area contributed by atoms with Gasteiger partial charge in [-0.15, -0.1) is 0 Å². The van der Waals surface area contributed by atoms with E-state index in [9.17, 15) is 4.79 Å². The van der Waals surface area contributed by atoms with E-state index in [1.807, 2.05) is 12.1 Å². The molecule has 0 spiro atoms. The van der Waals surface area contributed by atoms with E-state index in [1.165, 1.54) is 11.1 Å². The maximum absolute atomic E-state index is 10.7. The number of fused-ring (bicyclic) bond motifs is 1. The minimum absolute atomic E-state index is 0.0947. The molecular weight excluding hydrogens is 204 g/mol. The van der Waals surface area contributed by atoms with Gasteiger partial charge in [0.15, 0.2) is 0 Å². The summed E-state index contributed by atoms with van der Waals surface area (Å²) in [7, 11) is 0. The van der Waals surface area contributed by atoms with E-state index < -0.39 is 5.97 Å². The van der Waals surface area contributed by atoms with Gasteiger partial charge in [0.2, 0.25) is 0 Å². The van der Waals surface area contributed by atoms with Crippen LogP contribution in [0.25, 0.3) is 0 Å². The fourth-order valence-electron chi connectivity index (χ4n) is 2.15. The average molecular weight is 220 g/mol. The van der Waals surface area contributed by atoms with E-state index in [0.29, 0.717) is 0 Å². The quantitative estimate of drug-likeness (QED) is 0.850. The molecule has 86 valence electrons. The van der Waals surface area contributed by atoms with Crippen LogP contribution in [0.4, 0.5) is 0 Å². The van der Waals surface area contributed by atoms with Gasteiger partial charge in [0.05, 0.1) is 6.42 Å². The third kappa shape index (κ3) is 2.18. The molecule has 3 heteroatoms.